The number of nitrogens with zero attached hydrogens (tertiary/aromatic N) is 1. The lowest BCUT2D eigenvalue weighted by molar-refractivity contribution is 0.0977. The monoisotopic (exact) mass is 459 g/mol. The van der Waals surface area contributed by atoms with E-state index in [0.29, 0.717) is 33.7 Å². The van der Waals surface area contributed by atoms with E-state index in [1.54, 1.807) is 32.4 Å². The second kappa shape index (κ2) is 10.1. The molecule has 0 aliphatic heterocycles. The van der Waals surface area contributed by atoms with Gasteiger partial charge in [0.2, 0.25) is 0 Å². The first-order valence-electron chi connectivity index (χ1n) is 9.00. The topological polar surface area (TPSA) is 90.9 Å². The number of hydrogen-bond acceptors (Lipinski definition) is 8. The number of nitrogens with one attached hydrogen (secondary N) is 2. The highest BCUT2D eigenvalue weighted by Crippen LogP contribution is 2.33. The molecular formula is C21H21N3O5S2. The summed E-state index contributed by atoms with van der Waals surface area (Å²) < 4.78 is 21.0. The van der Waals surface area contributed by atoms with Gasteiger partial charge in [-0.15, -0.1) is 11.3 Å². The molecule has 3 rings (SSSR count). The van der Waals surface area contributed by atoms with Crippen LogP contribution in [0.2, 0.25) is 0 Å². The molecule has 0 aliphatic rings. The van der Waals surface area contributed by atoms with Gasteiger partial charge in [0.1, 0.15) is 11.5 Å². The van der Waals surface area contributed by atoms with Crippen LogP contribution in [0.25, 0.3) is 11.3 Å². The first-order valence-corrected chi connectivity index (χ1v) is 10.3. The van der Waals surface area contributed by atoms with E-state index < -0.39 is 5.91 Å². The Hall–Kier alpha value is -3.37. The Morgan fingerprint density at radius 1 is 0.935 bits per heavy atom. The number of amides is 1. The Kier molecular flexibility index (Phi) is 7.27. The molecule has 1 aromatic heterocycles. The highest BCUT2D eigenvalue weighted by Gasteiger charge is 2.14. The van der Waals surface area contributed by atoms with Crippen molar-refractivity contribution in [2.75, 3.05) is 33.8 Å². The van der Waals surface area contributed by atoms with Gasteiger partial charge in [0.05, 0.1) is 34.1 Å². The summed E-state index contributed by atoms with van der Waals surface area (Å²) >= 11 is 6.62. The number of rotatable bonds is 7. The molecule has 0 atom stereocenters. The van der Waals surface area contributed by atoms with E-state index in [2.05, 4.69) is 15.6 Å². The number of benzene rings is 2. The van der Waals surface area contributed by atoms with Crippen molar-refractivity contribution in [2.24, 2.45) is 0 Å². The van der Waals surface area contributed by atoms with Gasteiger partial charge in [-0.1, -0.05) is 0 Å². The van der Waals surface area contributed by atoms with Crippen LogP contribution in [0, 0.1) is 0 Å². The lowest BCUT2D eigenvalue weighted by Crippen LogP contribution is -2.34. The number of methoxy groups -OCH3 is 4. The molecule has 3 aromatic rings. The fraction of sp³-hybridized carbons (Fsp3) is 0.190. The van der Waals surface area contributed by atoms with Gasteiger partial charge in [-0.2, -0.15) is 0 Å². The molecule has 0 fully saturated rings. The van der Waals surface area contributed by atoms with E-state index in [1.165, 1.54) is 25.6 Å². The predicted octanol–water partition coefficient (Wildman–Crippen LogP) is 3.97. The van der Waals surface area contributed by atoms with E-state index in [4.69, 9.17) is 31.2 Å². The lowest BCUT2D eigenvalue weighted by Gasteiger charge is -2.10. The van der Waals surface area contributed by atoms with Crippen molar-refractivity contribution in [3.8, 4) is 34.3 Å². The molecule has 2 N–H and O–H groups in total. The van der Waals surface area contributed by atoms with Crippen molar-refractivity contribution < 1.29 is 23.7 Å². The molecule has 1 amide bonds. The van der Waals surface area contributed by atoms with Crippen molar-refractivity contribution >= 4 is 39.7 Å². The first kappa shape index (κ1) is 22.3. The molecule has 0 saturated heterocycles. The SMILES string of the molecule is COc1cc(OC)cc(C(=O)NC(=S)Nc2nc(-c3ccc(OC)c(OC)c3)cs2)c1. The van der Waals surface area contributed by atoms with E-state index in [9.17, 15) is 4.79 Å². The third kappa shape index (κ3) is 5.41. The average molecular weight is 460 g/mol. The molecule has 162 valence electrons. The minimum atomic E-state index is -0.397. The van der Waals surface area contributed by atoms with E-state index in [-0.39, 0.29) is 5.11 Å². The summed E-state index contributed by atoms with van der Waals surface area (Å²) in [6, 6.07) is 10.4. The van der Waals surface area contributed by atoms with Gasteiger partial charge < -0.3 is 24.3 Å². The molecule has 0 saturated carbocycles. The standard InChI is InChI=1S/C21H21N3O5S2/c1-26-14-7-13(8-15(10-14)27-2)19(25)23-20(30)24-21-22-16(11-31-21)12-5-6-17(28-3)18(9-12)29-4/h5-11H,1-4H3,(H2,22,23,24,25,30). The van der Waals surface area contributed by atoms with Crippen LogP contribution in [0.4, 0.5) is 5.13 Å². The number of carbonyl (C=O) groups excluding carboxylic acids is 1. The fourth-order valence-corrected chi connectivity index (χ4v) is 3.68. The Morgan fingerprint density at radius 2 is 1.61 bits per heavy atom. The number of hydrogen-bond donors (Lipinski definition) is 2. The third-order valence-corrected chi connectivity index (χ3v) is 5.21. The normalized spacial score (nSPS) is 10.2. The van der Waals surface area contributed by atoms with Crippen LogP contribution in [-0.2, 0) is 0 Å². The average Bonchev–Trinajstić information content (AvgIpc) is 3.26. The minimum absolute atomic E-state index is 0.125. The lowest BCUT2D eigenvalue weighted by atomic mass is 10.1. The maximum absolute atomic E-state index is 12.5. The number of carbonyl (C=O) groups is 1. The van der Waals surface area contributed by atoms with Crippen LogP contribution >= 0.6 is 23.6 Å². The quantitative estimate of drug-likeness (QED) is 0.513. The largest absolute Gasteiger partial charge is 0.497 e. The minimum Gasteiger partial charge on any atom is -0.497 e. The summed E-state index contributed by atoms with van der Waals surface area (Å²) in [7, 11) is 6.19. The van der Waals surface area contributed by atoms with Crippen molar-refractivity contribution in [3.05, 3.63) is 47.3 Å². The molecular weight excluding hydrogens is 438 g/mol. The summed E-state index contributed by atoms with van der Waals surface area (Å²) in [5.41, 5.74) is 1.95. The zero-order valence-corrected chi connectivity index (χ0v) is 19.0. The van der Waals surface area contributed by atoms with Gasteiger partial charge in [-0.05, 0) is 42.5 Å². The number of aromatic nitrogens is 1. The van der Waals surface area contributed by atoms with Gasteiger partial charge in [0.15, 0.2) is 21.7 Å². The zero-order chi connectivity index (χ0) is 22.4. The Morgan fingerprint density at radius 3 is 2.23 bits per heavy atom. The molecule has 0 radical (unpaired) electrons. The van der Waals surface area contributed by atoms with Crippen LogP contribution in [0.1, 0.15) is 10.4 Å². The van der Waals surface area contributed by atoms with E-state index in [1.807, 2.05) is 23.6 Å². The maximum Gasteiger partial charge on any atom is 0.257 e. The highest BCUT2D eigenvalue weighted by molar-refractivity contribution is 7.80. The molecule has 31 heavy (non-hydrogen) atoms. The molecule has 8 nitrogen and oxygen atoms in total. The number of anilines is 1. The zero-order valence-electron chi connectivity index (χ0n) is 17.3. The van der Waals surface area contributed by atoms with Gasteiger partial charge >= 0.3 is 0 Å². The smallest absolute Gasteiger partial charge is 0.257 e. The summed E-state index contributed by atoms with van der Waals surface area (Å²) in [6.07, 6.45) is 0. The van der Waals surface area contributed by atoms with Crippen molar-refractivity contribution in [1.29, 1.82) is 0 Å². The van der Waals surface area contributed by atoms with E-state index in [0.717, 1.165) is 11.3 Å². The third-order valence-electron chi connectivity index (χ3n) is 4.24. The molecule has 10 heteroatoms. The van der Waals surface area contributed by atoms with Crippen LogP contribution < -0.4 is 29.6 Å². The summed E-state index contributed by atoms with van der Waals surface area (Å²) in [5.74, 6) is 1.86. The number of ether oxygens (including phenoxy) is 4. The number of thiazole rings is 1. The number of thiocarbonyl (C=S) groups is 1. The van der Waals surface area contributed by atoms with E-state index >= 15 is 0 Å². The van der Waals surface area contributed by atoms with Gasteiger partial charge in [-0.25, -0.2) is 4.98 Å². The van der Waals surface area contributed by atoms with Crippen LogP contribution in [0.15, 0.2) is 41.8 Å². The van der Waals surface area contributed by atoms with Crippen molar-refractivity contribution in [1.82, 2.24) is 10.3 Å². The van der Waals surface area contributed by atoms with Crippen molar-refractivity contribution in [2.45, 2.75) is 0 Å². The first-order chi connectivity index (χ1) is 15.0. The Labute approximate surface area is 189 Å². The fourth-order valence-electron chi connectivity index (χ4n) is 2.70. The van der Waals surface area contributed by atoms with Crippen LogP contribution in [-0.4, -0.2) is 44.4 Å². The van der Waals surface area contributed by atoms with Crippen LogP contribution in [0.3, 0.4) is 0 Å². The van der Waals surface area contributed by atoms with Gasteiger partial charge in [-0.3, -0.25) is 10.1 Å². The van der Waals surface area contributed by atoms with Gasteiger partial charge in [0.25, 0.3) is 5.91 Å². The molecule has 2 aromatic carbocycles. The molecule has 1 heterocycles. The second-order valence-electron chi connectivity index (χ2n) is 6.12. The Balaban J connectivity index is 1.68. The Bertz CT molecular complexity index is 1080. The molecule has 0 unspecified atom stereocenters. The summed E-state index contributed by atoms with van der Waals surface area (Å²) in [4.78, 5) is 17.1. The van der Waals surface area contributed by atoms with Gasteiger partial charge in [0, 0.05) is 22.6 Å². The maximum atomic E-state index is 12.5. The molecule has 0 aliphatic carbocycles. The second-order valence-corrected chi connectivity index (χ2v) is 7.38. The van der Waals surface area contributed by atoms with Crippen LogP contribution in [0.5, 0.6) is 23.0 Å². The molecule has 0 spiro atoms. The van der Waals surface area contributed by atoms with Crippen molar-refractivity contribution in [3.63, 3.8) is 0 Å². The predicted molar refractivity (Wildman–Crippen MR) is 124 cm³/mol. The summed E-state index contributed by atoms with van der Waals surface area (Å²) in [6.45, 7) is 0. The summed E-state index contributed by atoms with van der Waals surface area (Å²) in [5, 5.41) is 8.10. The highest BCUT2D eigenvalue weighted by atomic mass is 32.1. The molecule has 0 bridgehead atoms.